The van der Waals surface area contributed by atoms with Crippen molar-refractivity contribution in [3.05, 3.63) is 35.4 Å². The van der Waals surface area contributed by atoms with Gasteiger partial charge in [0, 0.05) is 17.5 Å². The minimum Gasteiger partial charge on any atom is -0.390 e. The van der Waals surface area contributed by atoms with Crippen LogP contribution in [0.1, 0.15) is 17.0 Å². The number of aliphatic hydroxyl groups is 1. The van der Waals surface area contributed by atoms with Gasteiger partial charge in [0.05, 0.1) is 18.5 Å². The molecule has 2 aromatic rings. The Labute approximate surface area is 88.0 Å². The normalized spacial score (nSPS) is 10.6. The maximum absolute atomic E-state index is 8.91. The van der Waals surface area contributed by atoms with Crippen molar-refractivity contribution in [1.82, 2.24) is 15.0 Å². The summed E-state index contributed by atoms with van der Waals surface area (Å²) in [7, 11) is 0. The Hall–Kier alpha value is -1.68. The molecule has 4 heteroatoms. The van der Waals surface area contributed by atoms with Crippen LogP contribution in [0.3, 0.4) is 0 Å². The Kier molecular flexibility index (Phi) is 2.51. The van der Waals surface area contributed by atoms with Gasteiger partial charge in [-0.1, -0.05) is 0 Å². The fourth-order valence-corrected chi connectivity index (χ4v) is 1.36. The number of aryl methyl sites for hydroxylation is 2. The number of hydrogen-bond acceptors (Lipinski definition) is 3. The zero-order chi connectivity index (χ0) is 10.8. The number of nitrogens with one attached hydrogen (secondary N) is 1. The molecule has 0 fully saturated rings. The van der Waals surface area contributed by atoms with Crippen molar-refractivity contribution in [3.63, 3.8) is 0 Å². The molecule has 0 saturated carbocycles. The quantitative estimate of drug-likeness (QED) is 0.779. The molecule has 2 rings (SSSR count). The molecule has 0 aromatic carbocycles. The summed E-state index contributed by atoms with van der Waals surface area (Å²) in [5.41, 5.74) is 3.81. The Morgan fingerprint density at radius 3 is 2.67 bits per heavy atom. The lowest BCUT2D eigenvalue weighted by atomic mass is 10.1. The van der Waals surface area contributed by atoms with Gasteiger partial charge in [0.25, 0.3) is 0 Å². The van der Waals surface area contributed by atoms with Crippen LogP contribution in [-0.4, -0.2) is 20.1 Å². The molecule has 0 aliphatic carbocycles. The molecule has 4 nitrogen and oxygen atoms in total. The lowest BCUT2D eigenvalue weighted by Crippen LogP contribution is -1.89. The lowest BCUT2D eigenvalue weighted by molar-refractivity contribution is 0.277. The van der Waals surface area contributed by atoms with E-state index in [9.17, 15) is 0 Å². The highest BCUT2D eigenvalue weighted by Gasteiger charge is 2.04. The second kappa shape index (κ2) is 3.82. The summed E-state index contributed by atoms with van der Waals surface area (Å²) in [6.45, 7) is 3.97. The van der Waals surface area contributed by atoms with E-state index in [0.717, 1.165) is 22.6 Å². The van der Waals surface area contributed by atoms with Crippen LogP contribution >= 0.6 is 0 Å². The number of nitrogens with zero attached hydrogens (tertiary/aromatic N) is 2. The number of H-pyrrole nitrogens is 1. The number of imidazole rings is 1. The maximum atomic E-state index is 8.91. The first-order valence-corrected chi connectivity index (χ1v) is 4.79. The molecule has 0 atom stereocenters. The molecule has 2 heterocycles. The fraction of sp³-hybridized carbons (Fsp3) is 0.273. The topological polar surface area (TPSA) is 61.8 Å². The van der Waals surface area contributed by atoms with Gasteiger partial charge in [-0.25, -0.2) is 4.98 Å². The molecule has 0 spiro atoms. The predicted octanol–water partition coefficient (Wildman–Crippen LogP) is 1.58. The standard InChI is InChI=1S/C11H13N3O/c1-7-3-9(4-12-8(7)2)11-13-5-10(6-15)14-11/h3-5,15H,6H2,1-2H3,(H,13,14). The van der Waals surface area contributed by atoms with Crippen LogP contribution in [-0.2, 0) is 6.61 Å². The molecular weight excluding hydrogens is 190 g/mol. The van der Waals surface area contributed by atoms with Crippen LogP contribution < -0.4 is 0 Å². The third-order valence-electron chi connectivity index (χ3n) is 2.41. The summed E-state index contributed by atoms with van der Waals surface area (Å²) >= 11 is 0. The zero-order valence-electron chi connectivity index (χ0n) is 8.78. The van der Waals surface area contributed by atoms with Crippen molar-refractivity contribution in [3.8, 4) is 11.4 Å². The van der Waals surface area contributed by atoms with Crippen LogP contribution in [0, 0.1) is 13.8 Å². The van der Waals surface area contributed by atoms with Gasteiger partial charge in [0.1, 0.15) is 5.82 Å². The minimum absolute atomic E-state index is 0.0225. The van der Waals surface area contributed by atoms with E-state index in [-0.39, 0.29) is 6.61 Å². The predicted molar refractivity (Wildman–Crippen MR) is 57.2 cm³/mol. The van der Waals surface area contributed by atoms with Crippen molar-refractivity contribution in [2.24, 2.45) is 0 Å². The summed E-state index contributed by atoms with van der Waals surface area (Å²) < 4.78 is 0. The SMILES string of the molecule is Cc1cc(-c2ncc(CO)[nH]2)cnc1C. The third-order valence-corrected chi connectivity index (χ3v) is 2.41. The van der Waals surface area contributed by atoms with E-state index in [1.54, 1.807) is 12.4 Å². The molecule has 0 bridgehead atoms. The Morgan fingerprint density at radius 2 is 2.07 bits per heavy atom. The second-order valence-corrected chi connectivity index (χ2v) is 3.54. The van der Waals surface area contributed by atoms with Crippen LogP contribution in [0.15, 0.2) is 18.5 Å². The smallest absolute Gasteiger partial charge is 0.139 e. The molecule has 0 saturated heterocycles. The van der Waals surface area contributed by atoms with E-state index >= 15 is 0 Å². The Morgan fingerprint density at radius 1 is 1.27 bits per heavy atom. The molecule has 0 amide bonds. The van der Waals surface area contributed by atoms with Gasteiger partial charge in [-0.05, 0) is 25.5 Å². The van der Waals surface area contributed by atoms with Gasteiger partial charge in [0.2, 0.25) is 0 Å². The summed E-state index contributed by atoms with van der Waals surface area (Å²) in [6, 6.07) is 2.03. The van der Waals surface area contributed by atoms with E-state index in [2.05, 4.69) is 15.0 Å². The summed E-state index contributed by atoms with van der Waals surface area (Å²) in [5.74, 6) is 0.745. The van der Waals surface area contributed by atoms with E-state index in [4.69, 9.17) is 5.11 Å². The van der Waals surface area contributed by atoms with Crippen LogP contribution in [0.2, 0.25) is 0 Å². The van der Waals surface area contributed by atoms with Crippen molar-refractivity contribution >= 4 is 0 Å². The highest BCUT2D eigenvalue weighted by molar-refractivity contribution is 5.55. The van der Waals surface area contributed by atoms with Gasteiger partial charge in [0.15, 0.2) is 0 Å². The molecule has 0 unspecified atom stereocenters. The monoisotopic (exact) mass is 203 g/mol. The average Bonchev–Trinajstić information content (AvgIpc) is 2.70. The van der Waals surface area contributed by atoms with Crippen molar-refractivity contribution < 1.29 is 5.11 Å². The molecule has 78 valence electrons. The number of hydrogen-bond donors (Lipinski definition) is 2. The molecule has 0 aliphatic rings. The van der Waals surface area contributed by atoms with Crippen LogP contribution in [0.25, 0.3) is 11.4 Å². The Balaban J connectivity index is 2.40. The van der Waals surface area contributed by atoms with E-state index in [0.29, 0.717) is 5.69 Å². The van der Waals surface area contributed by atoms with Crippen molar-refractivity contribution in [2.45, 2.75) is 20.5 Å². The molecule has 0 radical (unpaired) electrons. The van der Waals surface area contributed by atoms with Gasteiger partial charge < -0.3 is 10.1 Å². The average molecular weight is 203 g/mol. The highest BCUT2D eigenvalue weighted by atomic mass is 16.3. The fourth-order valence-electron chi connectivity index (χ4n) is 1.36. The van der Waals surface area contributed by atoms with Gasteiger partial charge in [-0.15, -0.1) is 0 Å². The van der Waals surface area contributed by atoms with Gasteiger partial charge in [-0.3, -0.25) is 4.98 Å². The first-order valence-electron chi connectivity index (χ1n) is 4.79. The lowest BCUT2D eigenvalue weighted by Gasteiger charge is -2.01. The Bertz CT molecular complexity index is 476. The molecule has 2 N–H and O–H groups in total. The van der Waals surface area contributed by atoms with E-state index in [1.165, 1.54) is 0 Å². The molecule has 15 heavy (non-hydrogen) atoms. The number of aliphatic hydroxyl groups excluding tert-OH is 1. The molecule has 2 aromatic heterocycles. The maximum Gasteiger partial charge on any atom is 0.139 e. The van der Waals surface area contributed by atoms with Crippen LogP contribution in [0.4, 0.5) is 0 Å². The number of aromatic amines is 1. The zero-order valence-corrected chi connectivity index (χ0v) is 8.78. The van der Waals surface area contributed by atoms with Gasteiger partial charge >= 0.3 is 0 Å². The number of pyridine rings is 1. The van der Waals surface area contributed by atoms with Gasteiger partial charge in [-0.2, -0.15) is 0 Å². The number of aromatic nitrogens is 3. The summed E-state index contributed by atoms with van der Waals surface area (Å²) in [4.78, 5) is 11.5. The molecular formula is C11H13N3O. The summed E-state index contributed by atoms with van der Waals surface area (Å²) in [6.07, 6.45) is 3.41. The third kappa shape index (κ3) is 1.89. The first-order chi connectivity index (χ1) is 7.20. The van der Waals surface area contributed by atoms with Crippen molar-refractivity contribution in [1.29, 1.82) is 0 Å². The highest BCUT2D eigenvalue weighted by Crippen LogP contribution is 2.17. The minimum atomic E-state index is -0.0225. The molecule has 0 aliphatic heterocycles. The number of rotatable bonds is 2. The van der Waals surface area contributed by atoms with Crippen molar-refractivity contribution in [2.75, 3.05) is 0 Å². The summed E-state index contributed by atoms with van der Waals surface area (Å²) in [5, 5.41) is 8.91. The second-order valence-electron chi connectivity index (χ2n) is 3.54. The first kappa shape index (κ1) is 9.86. The largest absolute Gasteiger partial charge is 0.390 e. The van der Waals surface area contributed by atoms with E-state index < -0.39 is 0 Å². The van der Waals surface area contributed by atoms with Crippen LogP contribution in [0.5, 0.6) is 0 Å². The van der Waals surface area contributed by atoms with E-state index in [1.807, 2.05) is 19.9 Å².